The molecule has 4 fully saturated rings. The van der Waals surface area contributed by atoms with Crippen LogP contribution < -0.4 is 5.32 Å². The molecular formula is C21H24N2O4. The summed E-state index contributed by atoms with van der Waals surface area (Å²) < 4.78 is 10.4. The molecule has 4 aliphatic carbocycles. The Morgan fingerprint density at radius 3 is 2.48 bits per heavy atom. The van der Waals surface area contributed by atoms with Gasteiger partial charge in [-0.1, -0.05) is 17.3 Å². The number of rotatable bonds is 5. The first-order valence-electron chi connectivity index (χ1n) is 9.88. The minimum absolute atomic E-state index is 0.00165. The van der Waals surface area contributed by atoms with E-state index in [1.54, 1.807) is 6.07 Å². The van der Waals surface area contributed by atoms with Crippen molar-refractivity contribution in [1.82, 2.24) is 10.5 Å². The van der Waals surface area contributed by atoms with Gasteiger partial charge in [-0.05, 0) is 68.4 Å². The van der Waals surface area contributed by atoms with E-state index < -0.39 is 5.97 Å². The summed E-state index contributed by atoms with van der Waals surface area (Å²) in [6.07, 6.45) is 7.25. The average Bonchev–Trinajstić information content (AvgIpc) is 3.01. The van der Waals surface area contributed by atoms with E-state index in [-0.39, 0.29) is 24.5 Å². The van der Waals surface area contributed by atoms with Crippen LogP contribution in [0.15, 0.2) is 28.8 Å². The van der Waals surface area contributed by atoms with Crippen LogP contribution in [0.4, 0.5) is 0 Å². The molecule has 4 saturated carbocycles. The molecule has 4 aliphatic rings. The third-order valence-corrected chi connectivity index (χ3v) is 6.57. The van der Waals surface area contributed by atoms with Crippen molar-refractivity contribution in [2.24, 2.45) is 17.8 Å². The summed E-state index contributed by atoms with van der Waals surface area (Å²) in [5, 5.41) is 7.95. The van der Waals surface area contributed by atoms with Crippen LogP contribution in [0, 0.1) is 17.8 Å². The van der Waals surface area contributed by atoms with Gasteiger partial charge in [0.1, 0.15) is 5.69 Å². The van der Waals surface area contributed by atoms with Gasteiger partial charge in [-0.2, -0.15) is 0 Å². The lowest BCUT2D eigenvalue weighted by Crippen LogP contribution is -2.60. The van der Waals surface area contributed by atoms with Gasteiger partial charge in [0.05, 0.1) is 6.42 Å². The monoisotopic (exact) mass is 368 g/mol. The number of aromatic nitrogens is 1. The number of esters is 1. The van der Waals surface area contributed by atoms with Gasteiger partial charge in [0.25, 0.3) is 5.91 Å². The van der Waals surface area contributed by atoms with Crippen LogP contribution in [0.1, 0.15) is 44.2 Å². The molecule has 142 valence electrons. The van der Waals surface area contributed by atoms with E-state index in [0.29, 0.717) is 11.3 Å². The Hall–Kier alpha value is -2.37. The fraction of sp³-hybridized carbons (Fsp3) is 0.571. The van der Waals surface area contributed by atoms with Crippen molar-refractivity contribution in [1.29, 1.82) is 0 Å². The number of hydrogen-bond donors (Lipinski definition) is 1. The first kappa shape index (κ1) is 16.8. The molecule has 27 heavy (non-hydrogen) atoms. The van der Waals surface area contributed by atoms with Gasteiger partial charge < -0.3 is 14.6 Å². The summed E-state index contributed by atoms with van der Waals surface area (Å²) >= 11 is 0. The van der Waals surface area contributed by atoms with Gasteiger partial charge in [0.2, 0.25) is 0 Å². The number of fused-ring (bicyclic) bond motifs is 1. The lowest BCUT2D eigenvalue weighted by Gasteiger charge is -2.56. The number of carbonyl (C=O) groups is 2. The summed E-state index contributed by atoms with van der Waals surface area (Å²) in [4.78, 5) is 24.6. The standard InChI is InChI=1S/C21H24N2O4/c24-19(22-21-9-13-5-14(10-21)7-15(6-13)11-21)12-26-20(25)8-17-16-3-1-2-4-18(16)27-23-17/h1-4,13-15H,5-12H2,(H,22,24). The molecule has 4 bridgehead atoms. The molecule has 0 unspecified atom stereocenters. The second-order valence-electron chi connectivity index (χ2n) is 8.71. The normalized spacial score (nSPS) is 31.2. The minimum Gasteiger partial charge on any atom is -0.455 e. The number of para-hydroxylation sites is 1. The van der Waals surface area contributed by atoms with Crippen molar-refractivity contribution in [3.63, 3.8) is 0 Å². The Labute approximate surface area is 157 Å². The van der Waals surface area contributed by atoms with E-state index in [2.05, 4.69) is 10.5 Å². The lowest BCUT2D eigenvalue weighted by atomic mass is 9.53. The van der Waals surface area contributed by atoms with Crippen LogP contribution in [0.2, 0.25) is 0 Å². The van der Waals surface area contributed by atoms with Crippen molar-refractivity contribution in [2.75, 3.05) is 6.61 Å². The SMILES string of the molecule is O=C(COC(=O)Cc1noc2ccccc12)NC12CC3CC(CC(C3)C1)C2. The maximum absolute atomic E-state index is 12.4. The molecule has 0 aliphatic heterocycles. The molecule has 0 saturated heterocycles. The summed E-state index contributed by atoms with van der Waals surface area (Å²) in [6.45, 7) is -0.226. The molecule has 2 aromatic rings. The predicted molar refractivity (Wildman–Crippen MR) is 97.7 cm³/mol. The highest BCUT2D eigenvalue weighted by Gasteiger charge is 2.51. The van der Waals surface area contributed by atoms with E-state index in [9.17, 15) is 9.59 Å². The number of nitrogens with one attached hydrogen (secondary N) is 1. The van der Waals surface area contributed by atoms with Gasteiger partial charge in [0.15, 0.2) is 12.2 Å². The van der Waals surface area contributed by atoms with Crippen LogP contribution in [0.25, 0.3) is 11.0 Å². The summed E-state index contributed by atoms with van der Waals surface area (Å²) in [5.41, 5.74) is 1.12. The van der Waals surface area contributed by atoms with Crippen LogP contribution in [0.5, 0.6) is 0 Å². The first-order chi connectivity index (χ1) is 13.1. The van der Waals surface area contributed by atoms with Gasteiger partial charge in [-0.3, -0.25) is 9.59 Å². The number of hydrogen-bond acceptors (Lipinski definition) is 5. The Kier molecular flexibility index (Phi) is 3.95. The smallest absolute Gasteiger partial charge is 0.312 e. The maximum Gasteiger partial charge on any atom is 0.312 e. The van der Waals surface area contributed by atoms with Crippen molar-refractivity contribution in [3.05, 3.63) is 30.0 Å². The molecular weight excluding hydrogens is 344 g/mol. The maximum atomic E-state index is 12.4. The number of benzene rings is 1. The molecule has 1 heterocycles. The van der Waals surface area contributed by atoms with Crippen molar-refractivity contribution in [3.8, 4) is 0 Å². The molecule has 6 rings (SSSR count). The molecule has 1 aromatic carbocycles. The molecule has 0 atom stereocenters. The van der Waals surface area contributed by atoms with Gasteiger partial charge in [-0.15, -0.1) is 0 Å². The number of ether oxygens (including phenoxy) is 1. The lowest BCUT2D eigenvalue weighted by molar-refractivity contribution is -0.149. The highest BCUT2D eigenvalue weighted by molar-refractivity contribution is 5.85. The number of carbonyl (C=O) groups excluding carboxylic acids is 2. The highest BCUT2D eigenvalue weighted by atomic mass is 16.5. The topological polar surface area (TPSA) is 81.4 Å². The fourth-order valence-electron chi connectivity index (χ4n) is 5.99. The summed E-state index contributed by atoms with van der Waals surface area (Å²) in [6, 6.07) is 7.38. The van der Waals surface area contributed by atoms with E-state index in [1.165, 1.54) is 19.3 Å². The average molecular weight is 368 g/mol. The zero-order valence-corrected chi connectivity index (χ0v) is 15.3. The molecule has 0 radical (unpaired) electrons. The zero-order chi connectivity index (χ0) is 18.4. The molecule has 1 aromatic heterocycles. The Morgan fingerprint density at radius 2 is 1.78 bits per heavy atom. The van der Waals surface area contributed by atoms with Crippen molar-refractivity contribution in [2.45, 2.75) is 50.5 Å². The Balaban J connectivity index is 1.16. The van der Waals surface area contributed by atoms with Crippen LogP contribution in [0.3, 0.4) is 0 Å². The molecule has 6 heteroatoms. The zero-order valence-electron chi connectivity index (χ0n) is 15.3. The second-order valence-corrected chi connectivity index (χ2v) is 8.71. The van der Waals surface area contributed by atoms with Crippen molar-refractivity contribution >= 4 is 22.8 Å². The largest absolute Gasteiger partial charge is 0.455 e. The fourth-order valence-corrected chi connectivity index (χ4v) is 5.99. The third-order valence-electron chi connectivity index (χ3n) is 6.57. The Bertz CT molecular complexity index is 852. The quantitative estimate of drug-likeness (QED) is 0.821. The van der Waals surface area contributed by atoms with E-state index in [4.69, 9.17) is 9.26 Å². The molecule has 6 nitrogen and oxygen atoms in total. The third kappa shape index (κ3) is 3.22. The van der Waals surface area contributed by atoms with E-state index in [1.807, 2.05) is 18.2 Å². The summed E-state index contributed by atoms with van der Waals surface area (Å²) in [5.74, 6) is 1.64. The second kappa shape index (κ2) is 6.36. The van der Waals surface area contributed by atoms with Gasteiger partial charge in [0, 0.05) is 10.9 Å². The molecule has 1 amide bonds. The molecule has 1 N–H and O–H groups in total. The minimum atomic E-state index is -0.463. The van der Waals surface area contributed by atoms with Crippen LogP contribution in [-0.4, -0.2) is 29.2 Å². The van der Waals surface area contributed by atoms with Crippen LogP contribution >= 0.6 is 0 Å². The van der Waals surface area contributed by atoms with Crippen LogP contribution in [-0.2, 0) is 20.7 Å². The van der Waals surface area contributed by atoms with E-state index in [0.717, 1.165) is 42.4 Å². The van der Waals surface area contributed by atoms with Gasteiger partial charge >= 0.3 is 5.97 Å². The predicted octanol–water partition coefficient (Wildman–Crippen LogP) is 3.00. The Morgan fingerprint density at radius 1 is 1.11 bits per heavy atom. The van der Waals surface area contributed by atoms with E-state index >= 15 is 0 Å². The summed E-state index contributed by atoms with van der Waals surface area (Å²) in [7, 11) is 0. The van der Waals surface area contributed by atoms with Crippen molar-refractivity contribution < 1.29 is 18.8 Å². The number of nitrogens with zero attached hydrogens (tertiary/aromatic N) is 1. The first-order valence-corrected chi connectivity index (χ1v) is 9.88. The molecule has 0 spiro atoms. The van der Waals surface area contributed by atoms with Gasteiger partial charge in [-0.25, -0.2) is 0 Å². The number of amides is 1. The highest BCUT2D eigenvalue weighted by Crippen LogP contribution is 2.55.